The minimum absolute atomic E-state index is 0.172. The predicted molar refractivity (Wildman–Crippen MR) is 102 cm³/mol. The number of hydrogen-bond donors (Lipinski definition) is 1. The van der Waals surface area contributed by atoms with Crippen molar-refractivity contribution in [1.29, 1.82) is 0 Å². The standard InChI is InChI=1S/C20H33N3O/c1-15(2)23-12-10-18(11-13-23)20(24)21-16(3)14-17-6-8-19(9-7-17)22(4)5/h6-9,15-16,18H,10-14H2,1-5H3,(H,21,24)/t16-/m0/s1. The number of hydrogen-bond acceptors (Lipinski definition) is 3. The van der Waals surface area contributed by atoms with Crippen LogP contribution >= 0.6 is 0 Å². The molecule has 0 aliphatic carbocycles. The summed E-state index contributed by atoms with van der Waals surface area (Å²) in [5.41, 5.74) is 2.47. The minimum Gasteiger partial charge on any atom is -0.378 e. The van der Waals surface area contributed by atoms with Crippen LogP contribution in [0.5, 0.6) is 0 Å². The first-order valence-corrected chi connectivity index (χ1v) is 9.17. The number of nitrogens with zero attached hydrogens (tertiary/aromatic N) is 2. The molecule has 24 heavy (non-hydrogen) atoms. The number of amides is 1. The van der Waals surface area contributed by atoms with Crippen molar-refractivity contribution in [2.24, 2.45) is 5.92 Å². The summed E-state index contributed by atoms with van der Waals surface area (Å²) < 4.78 is 0. The number of anilines is 1. The van der Waals surface area contributed by atoms with Gasteiger partial charge in [0, 0.05) is 37.8 Å². The van der Waals surface area contributed by atoms with E-state index >= 15 is 0 Å². The Kier molecular flexibility index (Phi) is 6.67. The lowest BCUT2D eigenvalue weighted by molar-refractivity contribution is -0.127. The van der Waals surface area contributed by atoms with Gasteiger partial charge in [-0.3, -0.25) is 4.79 Å². The zero-order valence-electron chi connectivity index (χ0n) is 15.9. The molecule has 1 aromatic carbocycles. The fourth-order valence-corrected chi connectivity index (χ4v) is 3.37. The predicted octanol–water partition coefficient (Wildman–Crippen LogP) is 2.92. The molecule has 0 aromatic heterocycles. The van der Waals surface area contributed by atoms with Gasteiger partial charge in [-0.1, -0.05) is 12.1 Å². The average molecular weight is 332 g/mol. The number of piperidine rings is 1. The largest absolute Gasteiger partial charge is 0.378 e. The van der Waals surface area contributed by atoms with E-state index < -0.39 is 0 Å². The molecule has 1 amide bonds. The van der Waals surface area contributed by atoms with Crippen molar-refractivity contribution in [3.05, 3.63) is 29.8 Å². The Morgan fingerprint density at radius 1 is 1.17 bits per heavy atom. The molecule has 1 atom stereocenters. The van der Waals surface area contributed by atoms with Gasteiger partial charge < -0.3 is 15.1 Å². The van der Waals surface area contributed by atoms with Gasteiger partial charge in [0.25, 0.3) is 0 Å². The Bertz CT molecular complexity index is 516. The van der Waals surface area contributed by atoms with Crippen molar-refractivity contribution in [2.45, 2.75) is 52.1 Å². The normalized spacial score (nSPS) is 17.8. The van der Waals surface area contributed by atoms with E-state index in [2.05, 4.69) is 60.2 Å². The van der Waals surface area contributed by atoms with Gasteiger partial charge in [-0.05, 0) is 70.8 Å². The Morgan fingerprint density at radius 3 is 2.25 bits per heavy atom. The van der Waals surface area contributed by atoms with E-state index in [0.29, 0.717) is 6.04 Å². The van der Waals surface area contributed by atoms with E-state index in [4.69, 9.17) is 0 Å². The van der Waals surface area contributed by atoms with Gasteiger partial charge in [0.05, 0.1) is 0 Å². The molecule has 1 saturated heterocycles. The first-order chi connectivity index (χ1) is 11.4. The molecule has 0 saturated carbocycles. The SMILES string of the molecule is CC(C)N1CCC(C(=O)N[C@@H](C)Cc2ccc(N(C)C)cc2)CC1. The first-order valence-electron chi connectivity index (χ1n) is 9.17. The highest BCUT2D eigenvalue weighted by atomic mass is 16.1. The molecule has 2 rings (SSSR count). The second-order valence-electron chi connectivity index (χ2n) is 7.58. The lowest BCUT2D eigenvalue weighted by Crippen LogP contribution is -2.45. The molecular weight excluding hydrogens is 298 g/mol. The molecule has 1 N–H and O–H groups in total. The van der Waals surface area contributed by atoms with Crippen LogP contribution in [0, 0.1) is 5.92 Å². The minimum atomic E-state index is 0.172. The Balaban J connectivity index is 1.79. The zero-order valence-corrected chi connectivity index (χ0v) is 15.9. The molecule has 1 fully saturated rings. The Morgan fingerprint density at radius 2 is 1.75 bits per heavy atom. The molecule has 1 heterocycles. The highest BCUT2D eigenvalue weighted by Gasteiger charge is 2.26. The summed E-state index contributed by atoms with van der Waals surface area (Å²) in [5, 5.41) is 3.21. The lowest BCUT2D eigenvalue weighted by Gasteiger charge is -2.34. The smallest absolute Gasteiger partial charge is 0.223 e. The summed E-state index contributed by atoms with van der Waals surface area (Å²) in [4.78, 5) is 17.0. The van der Waals surface area contributed by atoms with Crippen LogP contribution in [0.2, 0.25) is 0 Å². The molecule has 4 heteroatoms. The third kappa shape index (κ3) is 5.23. The summed E-state index contributed by atoms with van der Waals surface area (Å²) >= 11 is 0. The van der Waals surface area contributed by atoms with Crippen molar-refractivity contribution in [2.75, 3.05) is 32.1 Å². The summed E-state index contributed by atoms with van der Waals surface area (Å²) in [5.74, 6) is 0.411. The maximum absolute atomic E-state index is 12.5. The van der Waals surface area contributed by atoms with Crippen LogP contribution in [0.1, 0.15) is 39.2 Å². The van der Waals surface area contributed by atoms with Crippen molar-refractivity contribution >= 4 is 11.6 Å². The van der Waals surface area contributed by atoms with E-state index in [1.165, 1.54) is 11.3 Å². The van der Waals surface area contributed by atoms with Gasteiger partial charge in [-0.15, -0.1) is 0 Å². The van der Waals surface area contributed by atoms with Gasteiger partial charge in [0.2, 0.25) is 5.91 Å². The maximum Gasteiger partial charge on any atom is 0.223 e. The van der Waals surface area contributed by atoms with Gasteiger partial charge in [-0.2, -0.15) is 0 Å². The maximum atomic E-state index is 12.5. The topological polar surface area (TPSA) is 35.6 Å². The molecule has 0 radical (unpaired) electrons. The van der Waals surface area contributed by atoms with Gasteiger partial charge in [0.1, 0.15) is 0 Å². The highest BCUT2D eigenvalue weighted by Crippen LogP contribution is 2.19. The van der Waals surface area contributed by atoms with Crippen molar-refractivity contribution in [3.8, 4) is 0 Å². The lowest BCUT2D eigenvalue weighted by atomic mass is 9.94. The summed E-state index contributed by atoms with van der Waals surface area (Å²) in [6.45, 7) is 8.63. The fourth-order valence-electron chi connectivity index (χ4n) is 3.37. The van der Waals surface area contributed by atoms with E-state index in [-0.39, 0.29) is 17.9 Å². The van der Waals surface area contributed by atoms with Crippen LogP contribution in [0.25, 0.3) is 0 Å². The van der Waals surface area contributed by atoms with E-state index in [1.807, 2.05) is 14.1 Å². The molecule has 0 unspecified atom stereocenters. The number of likely N-dealkylation sites (tertiary alicyclic amines) is 1. The molecular formula is C20H33N3O. The van der Waals surface area contributed by atoms with Crippen LogP contribution < -0.4 is 10.2 Å². The van der Waals surface area contributed by atoms with E-state index in [1.54, 1.807) is 0 Å². The Hall–Kier alpha value is -1.55. The molecule has 1 aliphatic heterocycles. The van der Waals surface area contributed by atoms with E-state index in [0.717, 1.165) is 32.4 Å². The number of carbonyl (C=O) groups excluding carboxylic acids is 1. The highest BCUT2D eigenvalue weighted by molar-refractivity contribution is 5.79. The molecule has 4 nitrogen and oxygen atoms in total. The second-order valence-corrected chi connectivity index (χ2v) is 7.58. The monoisotopic (exact) mass is 331 g/mol. The number of nitrogens with one attached hydrogen (secondary N) is 1. The van der Waals surface area contributed by atoms with Crippen LogP contribution in [-0.4, -0.2) is 50.1 Å². The quantitative estimate of drug-likeness (QED) is 0.870. The molecule has 0 bridgehead atoms. The summed E-state index contributed by atoms with van der Waals surface area (Å²) in [7, 11) is 4.09. The second kappa shape index (κ2) is 8.52. The fraction of sp³-hybridized carbons (Fsp3) is 0.650. The van der Waals surface area contributed by atoms with Crippen molar-refractivity contribution < 1.29 is 4.79 Å². The molecule has 134 valence electrons. The van der Waals surface area contributed by atoms with Crippen LogP contribution in [0.3, 0.4) is 0 Å². The zero-order chi connectivity index (χ0) is 17.7. The number of rotatable bonds is 6. The summed E-state index contributed by atoms with van der Waals surface area (Å²) in [6.07, 6.45) is 2.84. The van der Waals surface area contributed by atoms with Gasteiger partial charge in [-0.25, -0.2) is 0 Å². The Labute approximate surface area is 147 Å². The number of benzene rings is 1. The van der Waals surface area contributed by atoms with Crippen LogP contribution in [-0.2, 0) is 11.2 Å². The molecule has 0 spiro atoms. The third-order valence-electron chi connectivity index (χ3n) is 5.01. The van der Waals surface area contributed by atoms with E-state index in [9.17, 15) is 4.79 Å². The van der Waals surface area contributed by atoms with Gasteiger partial charge >= 0.3 is 0 Å². The molecule has 1 aromatic rings. The molecule has 1 aliphatic rings. The van der Waals surface area contributed by atoms with Crippen molar-refractivity contribution in [3.63, 3.8) is 0 Å². The van der Waals surface area contributed by atoms with Crippen LogP contribution in [0.15, 0.2) is 24.3 Å². The number of carbonyl (C=O) groups is 1. The average Bonchev–Trinajstić information content (AvgIpc) is 2.55. The van der Waals surface area contributed by atoms with Gasteiger partial charge in [0.15, 0.2) is 0 Å². The first kappa shape index (κ1) is 18.8. The van der Waals surface area contributed by atoms with Crippen LogP contribution in [0.4, 0.5) is 5.69 Å². The van der Waals surface area contributed by atoms with Crippen molar-refractivity contribution in [1.82, 2.24) is 10.2 Å². The summed E-state index contributed by atoms with van der Waals surface area (Å²) in [6, 6.07) is 9.32. The third-order valence-corrected chi connectivity index (χ3v) is 5.01.